The molecular formula is C21H35N3O4. The summed E-state index contributed by atoms with van der Waals surface area (Å²) in [7, 11) is 0. The number of ether oxygens (including phenoxy) is 2. The zero-order valence-corrected chi connectivity index (χ0v) is 17.2. The van der Waals surface area contributed by atoms with Crippen molar-refractivity contribution in [3.8, 4) is 0 Å². The fraction of sp³-hybridized carbons (Fsp3) is 0.905. The molecule has 4 aliphatic heterocycles. The topological polar surface area (TPSA) is 62.3 Å². The van der Waals surface area contributed by atoms with Gasteiger partial charge in [0.25, 0.3) is 0 Å². The first kappa shape index (κ1) is 20.0. The minimum absolute atomic E-state index is 0.0234. The number of piperidine rings is 1. The Bertz CT molecular complexity index is 574. The van der Waals surface area contributed by atoms with E-state index >= 15 is 0 Å². The number of likely N-dealkylation sites (tertiary alicyclic amines) is 3. The number of carbonyl (C=O) groups is 2. The van der Waals surface area contributed by atoms with Crippen LogP contribution in [0.4, 0.5) is 4.79 Å². The quantitative estimate of drug-likeness (QED) is 0.686. The summed E-state index contributed by atoms with van der Waals surface area (Å²) in [5.41, 5.74) is -0.310. The highest BCUT2D eigenvalue weighted by atomic mass is 16.6. The van der Waals surface area contributed by atoms with Gasteiger partial charge in [0.05, 0.1) is 13.2 Å². The highest BCUT2D eigenvalue weighted by Crippen LogP contribution is 2.41. The summed E-state index contributed by atoms with van der Waals surface area (Å²) in [6.07, 6.45) is 8.29. The number of nitrogens with zero attached hydrogens (tertiary/aromatic N) is 3. The second-order valence-electron chi connectivity index (χ2n) is 8.75. The Kier molecular flexibility index (Phi) is 6.11. The molecule has 0 bridgehead atoms. The lowest BCUT2D eigenvalue weighted by atomic mass is 9.90. The van der Waals surface area contributed by atoms with Crippen molar-refractivity contribution >= 4 is 12.1 Å². The highest BCUT2D eigenvalue weighted by molar-refractivity contribution is 5.83. The second-order valence-corrected chi connectivity index (χ2v) is 8.75. The van der Waals surface area contributed by atoms with Gasteiger partial charge in [-0.2, -0.15) is 0 Å². The molecular weight excluding hydrogens is 358 g/mol. The monoisotopic (exact) mass is 393 g/mol. The Balaban J connectivity index is 1.30. The Morgan fingerprint density at radius 2 is 1.82 bits per heavy atom. The smallest absolute Gasteiger partial charge is 0.409 e. The van der Waals surface area contributed by atoms with Gasteiger partial charge in [0, 0.05) is 31.6 Å². The molecule has 2 atom stereocenters. The second kappa shape index (κ2) is 8.57. The summed E-state index contributed by atoms with van der Waals surface area (Å²) >= 11 is 0. The molecule has 0 saturated carbocycles. The van der Waals surface area contributed by atoms with Gasteiger partial charge in [-0.1, -0.05) is 0 Å². The largest absolute Gasteiger partial charge is 0.464 e. The van der Waals surface area contributed by atoms with Gasteiger partial charge in [0.1, 0.15) is 5.54 Å². The number of hydrogen-bond donors (Lipinski definition) is 0. The van der Waals surface area contributed by atoms with E-state index < -0.39 is 0 Å². The van der Waals surface area contributed by atoms with Crippen LogP contribution in [0.3, 0.4) is 0 Å². The molecule has 7 nitrogen and oxygen atoms in total. The van der Waals surface area contributed by atoms with Gasteiger partial charge in [-0.05, 0) is 71.5 Å². The van der Waals surface area contributed by atoms with Gasteiger partial charge in [-0.15, -0.1) is 0 Å². The molecule has 28 heavy (non-hydrogen) atoms. The molecule has 4 rings (SSSR count). The average molecular weight is 394 g/mol. The third kappa shape index (κ3) is 3.75. The molecule has 1 spiro atoms. The van der Waals surface area contributed by atoms with Crippen LogP contribution in [0, 0.1) is 0 Å². The molecule has 0 N–H and O–H groups in total. The first-order valence-corrected chi connectivity index (χ1v) is 11.2. The van der Waals surface area contributed by atoms with Crippen LogP contribution < -0.4 is 0 Å². The maximum Gasteiger partial charge on any atom is 0.409 e. The van der Waals surface area contributed by atoms with Crippen LogP contribution in [0.1, 0.15) is 58.3 Å². The van der Waals surface area contributed by atoms with Crippen LogP contribution in [0.15, 0.2) is 0 Å². The fourth-order valence-corrected chi connectivity index (χ4v) is 5.87. The van der Waals surface area contributed by atoms with Crippen molar-refractivity contribution in [1.82, 2.24) is 14.7 Å². The third-order valence-corrected chi connectivity index (χ3v) is 7.35. The minimum Gasteiger partial charge on any atom is -0.464 e. The van der Waals surface area contributed by atoms with E-state index in [9.17, 15) is 9.59 Å². The number of carbonyl (C=O) groups excluding carboxylic acids is 2. The molecule has 0 aromatic rings. The lowest BCUT2D eigenvalue weighted by Crippen LogP contribution is -2.56. The molecule has 0 radical (unpaired) electrons. The van der Waals surface area contributed by atoms with Crippen LogP contribution >= 0.6 is 0 Å². The molecule has 4 heterocycles. The van der Waals surface area contributed by atoms with Crippen LogP contribution in [-0.4, -0.2) is 90.3 Å². The molecule has 4 saturated heterocycles. The van der Waals surface area contributed by atoms with Crippen molar-refractivity contribution in [3.05, 3.63) is 0 Å². The molecule has 4 aliphatic rings. The maximum atomic E-state index is 12.4. The van der Waals surface area contributed by atoms with Crippen molar-refractivity contribution in [1.29, 1.82) is 0 Å². The lowest BCUT2D eigenvalue weighted by molar-refractivity contribution is -0.148. The summed E-state index contributed by atoms with van der Waals surface area (Å²) < 4.78 is 10.5. The predicted octanol–water partition coefficient (Wildman–Crippen LogP) is 2.24. The molecule has 0 aromatic heterocycles. The van der Waals surface area contributed by atoms with E-state index in [0.717, 1.165) is 84.1 Å². The summed E-state index contributed by atoms with van der Waals surface area (Å²) in [4.78, 5) is 31.4. The van der Waals surface area contributed by atoms with E-state index in [0.29, 0.717) is 25.3 Å². The molecule has 4 fully saturated rings. The SMILES string of the molecule is CCOC(=O)N1CCCC(N2CCC(N3CCCC34CCOC4=O)CC2)CC1. The van der Waals surface area contributed by atoms with Gasteiger partial charge in [0.2, 0.25) is 0 Å². The first-order valence-electron chi connectivity index (χ1n) is 11.2. The average Bonchev–Trinajstić information content (AvgIpc) is 3.20. The number of cyclic esters (lactones) is 1. The normalized spacial score (nSPS) is 33.2. The van der Waals surface area contributed by atoms with E-state index in [2.05, 4.69) is 9.80 Å². The Labute approximate surface area is 168 Å². The Hall–Kier alpha value is -1.34. The molecule has 1 amide bonds. The number of amides is 1. The molecule has 7 heteroatoms. The van der Waals surface area contributed by atoms with Crippen molar-refractivity contribution in [2.45, 2.75) is 75.9 Å². The molecule has 0 aromatic carbocycles. The van der Waals surface area contributed by atoms with Crippen LogP contribution in [-0.2, 0) is 14.3 Å². The Morgan fingerprint density at radius 1 is 1.04 bits per heavy atom. The molecule has 0 aliphatic carbocycles. The van der Waals surface area contributed by atoms with E-state index in [-0.39, 0.29) is 17.6 Å². The summed E-state index contributed by atoms with van der Waals surface area (Å²) in [5.74, 6) is 0.0234. The highest BCUT2D eigenvalue weighted by Gasteiger charge is 2.54. The van der Waals surface area contributed by atoms with Crippen molar-refractivity contribution in [3.63, 3.8) is 0 Å². The minimum atomic E-state index is -0.310. The van der Waals surface area contributed by atoms with Crippen LogP contribution in [0.5, 0.6) is 0 Å². The maximum absolute atomic E-state index is 12.4. The van der Waals surface area contributed by atoms with Gasteiger partial charge in [-0.25, -0.2) is 4.79 Å². The zero-order valence-electron chi connectivity index (χ0n) is 17.2. The summed E-state index contributed by atoms with van der Waals surface area (Å²) in [5, 5.41) is 0. The van der Waals surface area contributed by atoms with Crippen LogP contribution in [0.2, 0.25) is 0 Å². The van der Waals surface area contributed by atoms with Gasteiger partial charge >= 0.3 is 12.1 Å². The third-order valence-electron chi connectivity index (χ3n) is 7.35. The van der Waals surface area contributed by atoms with Gasteiger partial charge in [-0.3, -0.25) is 9.69 Å². The lowest BCUT2D eigenvalue weighted by Gasteiger charge is -2.44. The van der Waals surface area contributed by atoms with E-state index in [4.69, 9.17) is 9.47 Å². The van der Waals surface area contributed by atoms with E-state index in [1.807, 2.05) is 11.8 Å². The zero-order chi connectivity index (χ0) is 19.6. The van der Waals surface area contributed by atoms with Gasteiger partial charge < -0.3 is 19.3 Å². The predicted molar refractivity (Wildman–Crippen MR) is 105 cm³/mol. The first-order chi connectivity index (χ1) is 13.6. The number of rotatable bonds is 3. The van der Waals surface area contributed by atoms with Crippen LogP contribution in [0.25, 0.3) is 0 Å². The van der Waals surface area contributed by atoms with Crippen molar-refractivity contribution in [2.75, 3.05) is 45.9 Å². The van der Waals surface area contributed by atoms with Gasteiger partial charge in [0.15, 0.2) is 0 Å². The van der Waals surface area contributed by atoms with Crippen molar-refractivity contribution < 1.29 is 19.1 Å². The standard InChI is InChI=1S/C21H35N3O4/c1-2-27-20(26)23-11-3-5-17(6-15-23)22-13-7-18(8-14-22)24-12-4-9-21(24)10-16-28-19(21)25/h17-18H,2-16H2,1H3. The Morgan fingerprint density at radius 3 is 2.54 bits per heavy atom. The van der Waals surface area contributed by atoms with E-state index in [1.165, 1.54) is 0 Å². The van der Waals surface area contributed by atoms with E-state index in [1.54, 1.807) is 0 Å². The van der Waals surface area contributed by atoms with Crippen molar-refractivity contribution in [2.24, 2.45) is 0 Å². The summed E-state index contributed by atoms with van der Waals surface area (Å²) in [6.45, 7) is 7.72. The molecule has 2 unspecified atom stereocenters. The number of hydrogen-bond acceptors (Lipinski definition) is 6. The fourth-order valence-electron chi connectivity index (χ4n) is 5.87. The number of esters is 1. The summed E-state index contributed by atoms with van der Waals surface area (Å²) in [6, 6.07) is 1.07. The molecule has 158 valence electrons.